The number of nitrogens with zero attached hydrogens (tertiary/aromatic N) is 2. The van der Waals surface area contributed by atoms with Crippen molar-refractivity contribution < 1.29 is 14.3 Å². The summed E-state index contributed by atoms with van der Waals surface area (Å²) in [7, 11) is 0. The molecular formula is C21H26FN3O2. The quantitative estimate of drug-likeness (QED) is 0.848. The molecule has 1 aliphatic rings. The first-order chi connectivity index (χ1) is 13.0. The van der Waals surface area contributed by atoms with E-state index in [2.05, 4.69) is 10.2 Å². The molecule has 0 unspecified atom stereocenters. The fourth-order valence-corrected chi connectivity index (χ4v) is 3.32. The Morgan fingerprint density at radius 1 is 1.07 bits per heavy atom. The molecule has 0 aliphatic carbocycles. The maximum absolute atomic E-state index is 14.4. The predicted molar refractivity (Wildman–Crippen MR) is 105 cm³/mol. The number of carbonyl (C=O) groups is 1. The third-order valence-corrected chi connectivity index (χ3v) is 5.08. The molecule has 27 heavy (non-hydrogen) atoms. The van der Waals surface area contributed by atoms with Gasteiger partial charge in [-0.25, -0.2) is 4.39 Å². The largest absolute Gasteiger partial charge is 0.389 e. The normalized spacial score (nSPS) is 17.4. The molecule has 2 atom stereocenters. The molecular weight excluding hydrogens is 345 g/mol. The molecule has 1 amide bonds. The van der Waals surface area contributed by atoms with E-state index in [1.54, 1.807) is 19.1 Å². The predicted octanol–water partition coefficient (Wildman–Crippen LogP) is 3.03. The third kappa shape index (κ3) is 4.64. The van der Waals surface area contributed by atoms with Gasteiger partial charge in [-0.3, -0.25) is 9.69 Å². The molecule has 1 fully saturated rings. The van der Waals surface area contributed by atoms with Crippen molar-refractivity contribution in [2.24, 2.45) is 0 Å². The van der Waals surface area contributed by atoms with Gasteiger partial charge in [0.2, 0.25) is 5.91 Å². The number of para-hydroxylation sites is 1. The van der Waals surface area contributed by atoms with E-state index in [9.17, 15) is 14.3 Å². The van der Waals surface area contributed by atoms with Gasteiger partial charge >= 0.3 is 0 Å². The van der Waals surface area contributed by atoms with Crippen LogP contribution in [0.1, 0.15) is 25.5 Å². The summed E-state index contributed by atoms with van der Waals surface area (Å²) in [4.78, 5) is 16.6. The topological polar surface area (TPSA) is 55.8 Å². The van der Waals surface area contributed by atoms with Crippen LogP contribution in [0.5, 0.6) is 0 Å². The maximum Gasteiger partial charge on any atom is 0.241 e. The number of nitrogens with one attached hydrogen (secondary N) is 1. The Labute approximate surface area is 159 Å². The minimum Gasteiger partial charge on any atom is -0.389 e. The van der Waals surface area contributed by atoms with Gasteiger partial charge in [0.1, 0.15) is 5.82 Å². The van der Waals surface area contributed by atoms with Crippen LogP contribution >= 0.6 is 0 Å². The molecule has 144 valence electrons. The van der Waals surface area contributed by atoms with Gasteiger partial charge < -0.3 is 15.3 Å². The van der Waals surface area contributed by atoms with Gasteiger partial charge in [0.05, 0.1) is 17.8 Å². The van der Waals surface area contributed by atoms with E-state index in [0.29, 0.717) is 37.4 Å². The second-order valence-electron chi connectivity index (χ2n) is 6.94. The van der Waals surface area contributed by atoms with Gasteiger partial charge in [-0.1, -0.05) is 24.3 Å². The molecule has 1 aliphatic heterocycles. The highest BCUT2D eigenvalue weighted by Gasteiger charge is 2.26. The van der Waals surface area contributed by atoms with Crippen molar-refractivity contribution in [2.45, 2.75) is 26.0 Å². The molecule has 6 heteroatoms. The number of carbonyl (C=O) groups excluding carboxylic acids is 1. The summed E-state index contributed by atoms with van der Waals surface area (Å²) in [6.45, 7) is 6.17. The third-order valence-electron chi connectivity index (χ3n) is 5.08. The summed E-state index contributed by atoms with van der Waals surface area (Å²) in [6, 6.07) is 14.0. The van der Waals surface area contributed by atoms with Crippen LogP contribution in [-0.4, -0.2) is 48.1 Å². The van der Waals surface area contributed by atoms with Gasteiger partial charge in [0.25, 0.3) is 0 Å². The van der Waals surface area contributed by atoms with Crippen LogP contribution in [0.25, 0.3) is 0 Å². The van der Waals surface area contributed by atoms with Crippen molar-refractivity contribution in [1.82, 2.24) is 4.90 Å². The number of piperazine rings is 1. The highest BCUT2D eigenvalue weighted by molar-refractivity contribution is 5.94. The number of rotatable bonds is 5. The molecule has 5 nitrogen and oxygen atoms in total. The Hall–Kier alpha value is -2.44. The van der Waals surface area contributed by atoms with E-state index in [0.717, 1.165) is 5.69 Å². The molecule has 0 spiro atoms. The SMILES string of the molecule is C[C@H](C(=O)Nc1ccccc1)N1CCN(c2ccc([C@@H](C)O)cc2F)CC1. The highest BCUT2D eigenvalue weighted by Crippen LogP contribution is 2.25. The van der Waals surface area contributed by atoms with E-state index >= 15 is 0 Å². The van der Waals surface area contributed by atoms with Gasteiger partial charge in [0.15, 0.2) is 0 Å². The zero-order valence-electron chi connectivity index (χ0n) is 15.7. The number of amides is 1. The minimum atomic E-state index is -0.686. The first-order valence-electron chi connectivity index (χ1n) is 9.28. The first kappa shape index (κ1) is 19.3. The molecule has 2 aromatic carbocycles. The lowest BCUT2D eigenvalue weighted by Gasteiger charge is -2.38. The summed E-state index contributed by atoms with van der Waals surface area (Å²) >= 11 is 0. The Morgan fingerprint density at radius 3 is 2.33 bits per heavy atom. The molecule has 3 rings (SSSR count). The number of hydrogen-bond donors (Lipinski definition) is 2. The second-order valence-corrected chi connectivity index (χ2v) is 6.94. The summed E-state index contributed by atoms with van der Waals surface area (Å²) < 4.78 is 14.4. The van der Waals surface area contributed by atoms with Crippen LogP contribution in [0.2, 0.25) is 0 Å². The van der Waals surface area contributed by atoms with Gasteiger partial charge in [-0.15, -0.1) is 0 Å². The molecule has 0 bridgehead atoms. The lowest BCUT2D eigenvalue weighted by Crippen LogP contribution is -2.53. The van der Waals surface area contributed by atoms with Crippen LogP contribution in [0.15, 0.2) is 48.5 Å². The van der Waals surface area contributed by atoms with Crippen LogP contribution < -0.4 is 10.2 Å². The van der Waals surface area contributed by atoms with Crippen molar-refractivity contribution >= 4 is 17.3 Å². The Kier molecular flexibility index (Phi) is 6.08. The Bertz CT molecular complexity index is 774. The summed E-state index contributed by atoms with van der Waals surface area (Å²) in [5.74, 6) is -0.362. The van der Waals surface area contributed by atoms with E-state index in [4.69, 9.17) is 0 Å². The molecule has 1 heterocycles. The van der Waals surface area contributed by atoms with Gasteiger partial charge in [0, 0.05) is 31.9 Å². The smallest absolute Gasteiger partial charge is 0.241 e. The Balaban J connectivity index is 1.57. The summed E-state index contributed by atoms with van der Waals surface area (Å²) in [5.41, 5.74) is 1.90. The number of aliphatic hydroxyl groups is 1. The lowest BCUT2D eigenvalue weighted by molar-refractivity contribution is -0.120. The molecule has 2 N–H and O–H groups in total. The molecule has 0 saturated carbocycles. The zero-order valence-corrected chi connectivity index (χ0v) is 15.7. The average molecular weight is 371 g/mol. The standard InChI is InChI=1S/C21H26FN3O2/c1-15(21(27)23-18-6-4-3-5-7-18)24-10-12-25(13-11-24)20-9-8-17(16(2)26)14-19(20)22/h3-9,14-16,26H,10-13H2,1-2H3,(H,23,27)/t15-,16-/m1/s1. The average Bonchev–Trinajstić information content (AvgIpc) is 2.68. The van der Waals surface area contributed by atoms with Crippen molar-refractivity contribution in [3.8, 4) is 0 Å². The van der Waals surface area contributed by atoms with Crippen molar-refractivity contribution in [3.63, 3.8) is 0 Å². The fraction of sp³-hybridized carbons (Fsp3) is 0.381. The number of hydrogen-bond acceptors (Lipinski definition) is 4. The van der Waals surface area contributed by atoms with Gasteiger partial charge in [-0.05, 0) is 43.7 Å². The van der Waals surface area contributed by atoms with Gasteiger partial charge in [-0.2, -0.15) is 0 Å². The van der Waals surface area contributed by atoms with Crippen LogP contribution in [-0.2, 0) is 4.79 Å². The number of benzene rings is 2. The minimum absolute atomic E-state index is 0.0397. The van der Waals surface area contributed by atoms with Crippen LogP contribution in [0.3, 0.4) is 0 Å². The fourth-order valence-electron chi connectivity index (χ4n) is 3.32. The van der Waals surface area contributed by atoms with Crippen molar-refractivity contribution in [2.75, 3.05) is 36.4 Å². The second kappa shape index (κ2) is 8.50. The number of halogens is 1. The van der Waals surface area contributed by atoms with Crippen molar-refractivity contribution in [1.29, 1.82) is 0 Å². The highest BCUT2D eigenvalue weighted by atomic mass is 19.1. The molecule has 1 saturated heterocycles. The van der Waals surface area contributed by atoms with E-state index in [1.807, 2.05) is 42.2 Å². The molecule has 2 aromatic rings. The maximum atomic E-state index is 14.4. The summed E-state index contributed by atoms with van der Waals surface area (Å²) in [5, 5.41) is 12.5. The molecule has 0 aromatic heterocycles. The zero-order chi connectivity index (χ0) is 19.4. The molecule has 0 radical (unpaired) electrons. The number of anilines is 2. The van der Waals surface area contributed by atoms with Crippen molar-refractivity contribution in [3.05, 3.63) is 59.9 Å². The van der Waals surface area contributed by atoms with Crippen LogP contribution in [0, 0.1) is 5.82 Å². The lowest BCUT2D eigenvalue weighted by atomic mass is 10.1. The number of aliphatic hydroxyl groups excluding tert-OH is 1. The van der Waals surface area contributed by atoms with Crippen LogP contribution in [0.4, 0.5) is 15.8 Å². The first-order valence-corrected chi connectivity index (χ1v) is 9.28. The summed E-state index contributed by atoms with van der Waals surface area (Å²) in [6.07, 6.45) is -0.686. The van der Waals surface area contributed by atoms with E-state index < -0.39 is 6.10 Å². The Morgan fingerprint density at radius 2 is 1.74 bits per heavy atom. The van der Waals surface area contributed by atoms with E-state index in [1.165, 1.54) is 6.07 Å². The monoisotopic (exact) mass is 371 g/mol. The van der Waals surface area contributed by atoms with E-state index in [-0.39, 0.29) is 17.8 Å².